The third kappa shape index (κ3) is 5.14. The standard InChI is InChI=1S/C39H62N4O7/c1-34(2)14-16-39(33(49)40-19-22-20-43(42-41-22)32-31(48)30(47)29(46)25(21-44)50-32)17-15-37(6)23(24(39)18-34)8-9-27-36(5)12-11-28(45)35(3,4)26(36)10-13-38(27,37)7/h8,20,24-32,44-48H,9-19,21H2,1-7H3,(H,40,49)/t24-,25+,26-,27+,28-,29+,30-,31-,32-,36-,37+,38+,39-/m0/s1. The fourth-order valence-electron chi connectivity index (χ4n) is 12.8. The van der Waals surface area contributed by atoms with Crippen LogP contribution in [0.3, 0.4) is 0 Å². The number of hydrogen-bond donors (Lipinski definition) is 6. The molecule has 0 radical (unpaired) electrons. The minimum absolute atomic E-state index is 0.0000666. The van der Waals surface area contributed by atoms with Crippen molar-refractivity contribution in [3.8, 4) is 0 Å². The molecule has 13 atom stereocenters. The van der Waals surface area contributed by atoms with Crippen molar-refractivity contribution in [1.29, 1.82) is 0 Å². The number of fused-ring (bicyclic) bond motifs is 7. The van der Waals surface area contributed by atoms with E-state index in [1.165, 1.54) is 10.3 Å². The fourth-order valence-corrected chi connectivity index (χ4v) is 12.8. The number of hydrogen-bond acceptors (Lipinski definition) is 9. The number of aliphatic hydroxyl groups excluding tert-OH is 5. The van der Waals surface area contributed by atoms with E-state index >= 15 is 0 Å². The van der Waals surface area contributed by atoms with Gasteiger partial charge in [0, 0.05) is 0 Å². The highest BCUT2D eigenvalue weighted by molar-refractivity contribution is 5.84. The van der Waals surface area contributed by atoms with E-state index in [2.05, 4.69) is 70.2 Å². The van der Waals surface area contributed by atoms with Crippen LogP contribution in [-0.2, 0) is 16.1 Å². The number of nitrogens with zero attached hydrogens (tertiary/aromatic N) is 3. The zero-order chi connectivity index (χ0) is 36.2. The molecule has 5 fully saturated rings. The number of aromatic nitrogens is 3. The molecule has 11 heteroatoms. The van der Waals surface area contributed by atoms with Crippen molar-refractivity contribution in [2.45, 2.75) is 156 Å². The van der Waals surface area contributed by atoms with E-state index in [1.54, 1.807) is 6.20 Å². The average Bonchev–Trinajstić information content (AvgIpc) is 3.53. The van der Waals surface area contributed by atoms with Crippen LogP contribution < -0.4 is 5.32 Å². The second-order valence-corrected chi connectivity index (χ2v) is 19.3. The van der Waals surface area contributed by atoms with Gasteiger partial charge in [0.15, 0.2) is 6.23 Å². The molecule has 0 bridgehead atoms. The van der Waals surface area contributed by atoms with Crippen LogP contribution in [0, 0.1) is 50.2 Å². The van der Waals surface area contributed by atoms with Gasteiger partial charge in [-0.25, -0.2) is 4.68 Å². The molecule has 1 amide bonds. The van der Waals surface area contributed by atoms with Gasteiger partial charge in [-0.15, -0.1) is 5.10 Å². The number of nitrogens with one attached hydrogen (secondary N) is 1. The Balaban J connectivity index is 1.14. The summed E-state index contributed by atoms with van der Waals surface area (Å²) in [5.41, 5.74) is 1.82. The first-order valence-corrected chi connectivity index (χ1v) is 19.2. The second-order valence-electron chi connectivity index (χ2n) is 19.3. The average molecular weight is 699 g/mol. The van der Waals surface area contributed by atoms with Crippen LogP contribution in [0.5, 0.6) is 0 Å². The van der Waals surface area contributed by atoms with Crippen LogP contribution in [-0.4, -0.2) is 83.6 Å². The molecular weight excluding hydrogens is 636 g/mol. The molecule has 1 aromatic heterocycles. The topological polar surface area (TPSA) is 170 Å². The third-order valence-corrected chi connectivity index (χ3v) is 16.2. The van der Waals surface area contributed by atoms with Gasteiger partial charge in [-0.3, -0.25) is 4.79 Å². The molecule has 1 aromatic rings. The maximum atomic E-state index is 14.6. The molecule has 11 nitrogen and oxygen atoms in total. The summed E-state index contributed by atoms with van der Waals surface area (Å²) in [5.74, 6) is 1.26. The highest BCUT2D eigenvalue weighted by Crippen LogP contribution is 2.75. The summed E-state index contributed by atoms with van der Waals surface area (Å²) in [6.45, 7) is 16.6. The van der Waals surface area contributed by atoms with Gasteiger partial charge in [0.2, 0.25) is 5.91 Å². The lowest BCUT2D eigenvalue weighted by molar-refractivity contribution is -0.254. The third-order valence-electron chi connectivity index (χ3n) is 16.2. The zero-order valence-corrected chi connectivity index (χ0v) is 31.2. The van der Waals surface area contributed by atoms with Crippen molar-refractivity contribution in [3.05, 3.63) is 23.5 Å². The first-order valence-electron chi connectivity index (χ1n) is 19.2. The lowest BCUT2D eigenvalue weighted by Crippen LogP contribution is -2.65. The Morgan fingerprint density at radius 2 is 1.64 bits per heavy atom. The Hall–Kier alpha value is -1.89. The summed E-state index contributed by atoms with van der Waals surface area (Å²) in [6, 6.07) is 0. The Kier molecular flexibility index (Phi) is 8.80. The van der Waals surface area contributed by atoms with Crippen molar-refractivity contribution in [3.63, 3.8) is 0 Å². The molecule has 5 aliphatic carbocycles. The molecule has 0 unspecified atom stereocenters. The van der Waals surface area contributed by atoms with E-state index in [1.807, 2.05) is 0 Å². The zero-order valence-electron chi connectivity index (χ0n) is 31.2. The molecule has 6 aliphatic rings. The molecule has 1 saturated heterocycles. The molecule has 0 aromatic carbocycles. The fraction of sp³-hybridized carbons (Fsp3) is 0.872. The van der Waals surface area contributed by atoms with Crippen molar-refractivity contribution >= 4 is 5.91 Å². The Labute approximate surface area is 297 Å². The summed E-state index contributed by atoms with van der Waals surface area (Å²) >= 11 is 0. The van der Waals surface area contributed by atoms with Crippen molar-refractivity contribution in [2.75, 3.05) is 6.61 Å². The Morgan fingerprint density at radius 1 is 0.920 bits per heavy atom. The number of ether oxygens (including phenoxy) is 1. The van der Waals surface area contributed by atoms with Crippen LogP contribution in [0.15, 0.2) is 17.8 Å². The highest BCUT2D eigenvalue weighted by atomic mass is 16.6. The largest absolute Gasteiger partial charge is 0.394 e. The van der Waals surface area contributed by atoms with E-state index < -0.39 is 42.7 Å². The van der Waals surface area contributed by atoms with Crippen LogP contribution in [0.4, 0.5) is 0 Å². The number of aliphatic hydroxyl groups is 5. The number of carbonyl (C=O) groups is 1. The number of rotatable bonds is 5. The van der Waals surface area contributed by atoms with Crippen molar-refractivity contribution in [2.24, 2.45) is 50.2 Å². The first kappa shape index (κ1) is 36.5. The highest BCUT2D eigenvalue weighted by Gasteiger charge is 2.69. The molecule has 2 heterocycles. The molecular formula is C39H62N4O7. The minimum Gasteiger partial charge on any atom is -0.394 e. The summed E-state index contributed by atoms with van der Waals surface area (Å²) in [5, 5.41) is 63.2. The lowest BCUT2D eigenvalue weighted by atomic mass is 9.33. The predicted octanol–water partition coefficient (Wildman–Crippen LogP) is 4.03. The smallest absolute Gasteiger partial charge is 0.227 e. The summed E-state index contributed by atoms with van der Waals surface area (Å²) in [7, 11) is 0. The summed E-state index contributed by atoms with van der Waals surface area (Å²) < 4.78 is 6.91. The maximum Gasteiger partial charge on any atom is 0.227 e. The molecule has 1 aliphatic heterocycles. The number of allylic oxidation sites excluding steroid dienone is 2. The molecule has 7 rings (SSSR count). The van der Waals surface area contributed by atoms with E-state index in [4.69, 9.17) is 4.74 Å². The molecule has 280 valence electrons. The normalized spacial score (nSPS) is 47.9. The van der Waals surface area contributed by atoms with E-state index in [0.29, 0.717) is 17.5 Å². The molecule has 4 saturated carbocycles. The molecule has 0 spiro atoms. The second kappa shape index (κ2) is 12.1. The number of amides is 1. The van der Waals surface area contributed by atoms with Crippen molar-refractivity contribution < 1.29 is 35.1 Å². The first-order chi connectivity index (χ1) is 23.3. The van der Waals surface area contributed by atoms with Crippen LogP contribution in [0.25, 0.3) is 0 Å². The molecule has 50 heavy (non-hydrogen) atoms. The van der Waals surface area contributed by atoms with Crippen LogP contribution in [0.1, 0.15) is 125 Å². The van der Waals surface area contributed by atoms with Gasteiger partial charge in [-0.2, -0.15) is 0 Å². The Morgan fingerprint density at radius 3 is 2.36 bits per heavy atom. The van der Waals surface area contributed by atoms with Crippen molar-refractivity contribution in [1.82, 2.24) is 20.3 Å². The Bertz CT molecular complexity index is 1510. The van der Waals surface area contributed by atoms with Gasteiger partial charge in [0.25, 0.3) is 0 Å². The van der Waals surface area contributed by atoms with Gasteiger partial charge in [0.05, 0.1) is 30.9 Å². The number of carbonyl (C=O) groups excluding carboxylic acids is 1. The van der Waals surface area contributed by atoms with Gasteiger partial charge >= 0.3 is 0 Å². The van der Waals surface area contributed by atoms with E-state index in [-0.39, 0.29) is 51.5 Å². The van der Waals surface area contributed by atoms with Gasteiger partial charge in [-0.05, 0) is 109 Å². The lowest BCUT2D eigenvalue weighted by Gasteiger charge is -2.71. The SMILES string of the molecule is CC1(C)CC[C@]2(C(=O)NCc3cn([C@H]4O[C@H](CO)[C@@H](O)[C@H](O)[C@@H]4O)nn3)CC[C@]3(C)C(=CC[C@@H]4[C@@]5(C)CC[C@H](O)C(C)(C)[C@@H]5CC[C@]43C)[C@@H]2C1. The van der Waals surface area contributed by atoms with E-state index in [0.717, 1.165) is 64.2 Å². The van der Waals surface area contributed by atoms with Crippen LogP contribution >= 0.6 is 0 Å². The minimum atomic E-state index is -1.52. The monoisotopic (exact) mass is 698 g/mol. The van der Waals surface area contributed by atoms with E-state index in [9.17, 15) is 30.3 Å². The summed E-state index contributed by atoms with van der Waals surface area (Å²) in [6.07, 6.45) is 7.17. The van der Waals surface area contributed by atoms with Gasteiger partial charge in [-0.1, -0.05) is 65.3 Å². The summed E-state index contributed by atoms with van der Waals surface area (Å²) in [4.78, 5) is 14.6. The predicted molar refractivity (Wildman–Crippen MR) is 186 cm³/mol. The quantitative estimate of drug-likeness (QED) is 0.249. The van der Waals surface area contributed by atoms with Gasteiger partial charge in [0.1, 0.15) is 30.1 Å². The maximum absolute atomic E-state index is 14.6. The molecule has 6 N–H and O–H groups in total. The van der Waals surface area contributed by atoms with Crippen LogP contribution in [0.2, 0.25) is 0 Å². The van der Waals surface area contributed by atoms with Gasteiger partial charge < -0.3 is 35.6 Å².